The van der Waals surface area contributed by atoms with Crippen molar-refractivity contribution in [1.82, 2.24) is 9.88 Å². The van der Waals surface area contributed by atoms with Crippen molar-refractivity contribution in [1.29, 1.82) is 5.26 Å². The second kappa shape index (κ2) is 5.15. The standard InChI is InChI=1S/C13H15N3O2/c1-9-7-16(8-10(2)18-9)13(17)12-11(6-14)4-3-5-15-12/h3-5,9-10H,7-8H2,1-2H3. The van der Waals surface area contributed by atoms with Crippen molar-refractivity contribution in [3.63, 3.8) is 0 Å². The first-order chi connectivity index (χ1) is 8.61. The van der Waals surface area contributed by atoms with Gasteiger partial charge in [0.1, 0.15) is 11.8 Å². The highest BCUT2D eigenvalue weighted by atomic mass is 16.5. The molecule has 0 spiro atoms. The fraction of sp³-hybridized carbons (Fsp3) is 0.462. The predicted octanol–water partition coefficient (Wildman–Crippen LogP) is 1.20. The van der Waals surface area contributed by atoms with Gasteiger partial charge in [-0.3, -0.25) is 4.79 Å². The minimum absolute atomic E-state index is 0.00643. The molecule has 94 valence electrons. The van der Waals surface area contributed by atoms with Gasteiger partial charge in [0.25, 0.3) is 5.91 Å². The largest absolute Gasteiger partial charge is 0.372 e. The Morgan fingerprint density at radius 1 is 1.50 bits per heavy atom. The molecule has 1 aliphatic heterocycles. The third kappa shape index (κ3) is 2.49. The van der Waals surface area contributed by atoms with E-state index in [1.54, 1.807) is 17.0 Å². The van der Waals surface area contributed by atoms with Crippen LogP contribution >= 0.6 is 0 Å². The van der Waals surface area contributed by atoms with Crippen LogP contribution < -0.4 is 0 Å². The molecule has 2 rings (SSSR count). The van der Waals surface area contributed by atoms with E-state index in [9.17, 15) is 4.79 Å². The molecule has 2 atom stereocenters. The lowest BCUT2D eigenvalue weighted by molar-refractivity contribution is -0.0587. The molecule has 1 aromatic heterocycles. The van der Waals surface area contributed by atoms with E-state index in [1.807, 2.05) is 19.9 Å². The monoisotopic (exact) mass is 245 g/mol. The van der Waals surface area contributed by atoms with Crippen LogP contribution in [0, 0.1) is 11.3 Å². The van der Waals surface area contributed by atoms with Crippen molar-refractivity contribution >= 4 is 5.91 Å². The first-order valence-corrected chi connectivity index (χ1v) is 5.91. The topological polar surface area (TPSA) is 66.2 Å². The highest BCUT2D eigenvalue weighted by Crippen LogP contribution is 2.15. The van der Waals surface area contributed by atoms with Gasteiger partial charge in [0, 0.05) is 19.3 Å². The average Bonchev–Trinajstić information content (AvgIpc) is 2.36. The number of ether oxygens (including phenoxy) is 1. The van der Waals surface area contributed by atoms with E-state index in [-0.39, 0.29) is 23.8 Å². The SMILES string of the molecule is CC1CN(C(=O)c2ncccc2C#N)CC(C)O1. The molecular weight excluding hydrogens is 230 g/mol. The second-order valence-electron chi connectivity index (χ2n) is 4.48. The summed E-state index contributed by atoms with van der Waals surface area (Å²) in [6, 6.07) is 5.25. The fourth-order valence-corrected chi connectivity index (χ4v) is 2.16. The molecule has 0 radical (unpaired) electrons. The van der Waals surface area contributed by atoms with E-state index in [4.69, 9.17) is 10.00 Å². The normalized spacial score (nSPS) is 23.5. The molecule has 0 aromatic carbocycles. The minimum atomic E-state index is -0.200. The van der Waals surface area contributed by atoms with Crippen LogP contribution in [0.5, 0.6) is 0 Å². The van der Waals surface area contributed by atoms with Crippen LogP contribution in [0.15, 0.2) is 18.3 Å². The molecule has 5 heteroatoms. The average molecular weight is 245 g/mol. The number of pyridine rings is 1. The van der Waals surface area contributed by atoms with Crippen LogP contribution in [0.4, 0.5) is 0 Å². The summed E-state index contributed by atoms with van der Waals surface area (Å²) >= 11 is 0. The quantitative estimate of drug-likeness (QED) is 0.745. The molecule has 1 saturated heterocycles. The Labute approximate surface area is 106 Å². The summed E-state index contributed by atoms with van der Waals surface area (Å²) in [5.74, 6) is -0.200. The molecule has 1 aliphatic rings. The molecule has 0 bridgehead atoms. The Morgan fingerprint density at radius 2 is 2.17 bits per heavy atom. The van der Waals surface area contributed by atoms with Gasteiger partial charge in [-0.1, -0.05) is 0 Å². The summed E-state index contributed by atoms with van der Waals surface area (Å²) in [6.45, 7) is 4.92. The lowest BCUT2D eigenvalue weighted by Crippen LogP contribution is -2.48. The van der Waals surface area contributed by atoms with E-state index < -0.39 is 0 Å². The number of rotatable bonds is 1. The number of amides is 1. The second-order valence-corrected chi connectivity index (χ2v) is 4.48. The Bertz CT molecular complexity index is 485. The summed E-state index contributed by atoms with van der Waals surface area (Å²) in [5, 5.41) is 8.98. The summed E-state index contributed by atoms with van der Waals surface area (Å²) in [5.41, 5.74) is 0.538. The molecule has 0 aliphatic carbocycles. The maximum absolute atomic E-state index is 12.3. The Morgan fingerprint density at radius 3 is 2.78 bits per heavy atom. The lowest BCUT2D eigenvalue weighted by atomic mass is 10.1. The highest BCUT2D eigenvalue weighted by Gasteiger charge is 2.28. The van der Waals surface area contributed by atoms with Crippen molar-refractivity contribution < 1.29 is 9.53 Å². The van der Waals surface area contributed by atoms with E-state index in [0.29, 0.717) is 18.7 Å². The van der Waals surface area contributed by atoms with Crippen LogP contribution in [0.1, 0.15) is 29.9 Å². The van der Waals surface area contributed by atoms with E-state index >= 15 is 0 Å². The number of nitriles is 1. The third-order valence-corrected chi connectivity index (χ3v) is 2.84. The van der Waals surface area contributed by atoms with Crippen molar-refractivity contribution in [3.05, 3.63) is 29.6 Å². The van der Waals surface area contributed by atoms with Gasteiger partial charge in [-0.15, -0.1) is 0 Å². The van der Waals surface area contributed by atoms with Crippen LogP contribution in [-0.2, 0) is 4.74 Å². The third-order valence-electron chi connectivity index (χ3n) is 2.84. The molecule has 0 N–H and O–H groups in total. The number of carbonyl (C=O) groups excluding carboxylic acids is 1. The first kappa shape index (κ1) is 12.5. The van der Waals surface area contributed by atoms with Gasteiger partial charge in [-0.2, -0.15) is 5.26 Å². The van der Waals surface area contributed by atoms with Crippen molar-refractivity contribution in [3.8, 4) is 6.07 Å². The van der Waals surface area contributed by atoms with Crippen LogP contribution in [0.2, 0.25) is 0 Å². The van der Waals surface area contributed by atoms with Gasteiger partial charge in [0.05, 0.1) is 17.8 Å². The van der Waals surface area contributed by atoms with Crippen molar-refractivity contribution in [2.45, 2.75) is 26.1 Å². The van der Waals surface area contributed by atoms with Crippen LogP contribution in [-0.4, -0.2) is 41.1 Å². The number of carbonyl (C=O) groups is 1. The summed E-state index contributed by atoms with van der Waals surface area (Å²) in [7, 11) is 0. The molecule has 2 unspecified atom stereocenters. The molecular formula is C13H15N3O2. The highest BCUT2D eigenvalue weighted by molar-refractivity contribution is 5.94. The first-order valence-electron chi connectivity index (χ1n) is 5.91. The smallest absolute Gasteiger partial charge is 0.274 e. The maximum atomic E-state index is 12.3. The number of nitrogens with zero attached hydrogens (tertiary/aromatic N) is 3. The Kier molecular flexibility index (Phi) is 3.58. The molecule has 1 aromatic rings. The van der Waals surface area contributed by atoms with E-state index in [2.05, 4.69) is 4.98 Å². The van der Waals surface area contributed by atoms with E-state index in [0.717, 1.165) is 0 Å². The fourth-order valence-electron chi connectivity index (χ4n) is 2.16. The maximum Gasteiger partial charge on any atom is 0.274 e. The zero-order chi connectivity index (χ0) is 13.1. The van der Waals surface area contributed by atoms with E-state index in [1.165, 1.54) is 6.20 Å². The molecule has 2 heterocycles. The zero-order valence-corrected chi connectivity index (χ0v) is 10.5. The Balaban J connectivity index is 2.23. The van der Waals surface area contributed by atoms with Crippen molar-refractivity contribution in [2.75, 3.05) is 13.1 Å². The van der Waals surface area contributed by atoms with Crippen LogP contribution in [0.25, 0.3) is 0 Å². The van der Waals surface area contributed by atoms with Gasteiger partial charge in [-0.05, 0) is 26.0 Å². The molecule has 5 nitrogen and oxygen atoms in total. The minimum Gasteiger partial charge on any atom is -0.372 e. The molecule has 1 fully saturated rings. The van der Waals surface area contributed by atoms with Gasteiger partial charge in [0.15, 0.2) is 0 Å². The number of hydrogen-bond acceptors (Lipinski definition) is 4. The van der Waals surface area contributed by atoms with Gasteiger partial charge < -0.3 is 9.64 Å². The van der Waals surface area contributed by atoms with Gasteiger partial charge >= 0.3 is 0 Å². The van der Waals surface area contributed by atoms with Crippen molar-refractivity contribution in [2.24, 2.45) is 0 Å². The summed E-state index contributed by atoms with van der Waals surface area (Å²) < 4.78 is 5.58. The zero-order valence-electron chi connectivity index (χ0n) is 10.5. The number of aromatic nitrogens is 1. The summed E-state index contributed by atoms with van der Waals surface area (Å²) in [4.78, 5) is 18.0. The molecule has 1 amide bonds. The van der Waals surface area contributed by atoms with Gasteiger partial charge in [-0.25, -0.2) is 4.98 Å². The summed E-state index contributed by atoms with van der Waals surface area (Å²) in [6.07, 6.45) is 1.54. The lowest BCUT2D eigenvalue weighted by Gasteiger charge is -2.35. The molecule has 18 heavy (non-hydrogen) atoms. The number of morpholine rings is 1. The predicted molar refractivity (Wildman–Crippen MR) is 64.9 cm³/mol. The van der Waals surface area contributed by atoms with Crippen LogP contribution in [0.3, 0.4) is 0 Å². The molecule has 0 saturated carbocycles. The van der Waals surface area contributed by atoms with Gasteiger partial charge in [0.2, 0.25) is 0 Å². The number of hydrogen-bond donors (Lipinski definition) is 0. The Hall–Kier alpha value is -1.93.